The Balaban J connectivity index is 2.33. The molecule has 124 valence electrons. The SMILES string of the molecule is COc1cc(C)c(S(=O)(=O)NCc2cnc(C)cn2)c(C)c1C. The largest absolute Gasteiger partial charge is 0.496 e. The third kappa shape index (κ3) is 3.68. The Bertz CT molecular complexity index is 815. The van der Waals surface area contributed by atoms with Crippen LogP contribution >= 0.6 is 0 Å². The van der Waals surface area contributed by atoms with Crippen LogP contribution in [0.4, 0.5) is 0 Å². The van der Waals surface area contributed by atoms with E-state index in [0.717, 1.165) is 11.3 Å². The van der Waals surface area contributed by atoms with Crippen molar-refractivity contribution in [1.82, 2.24) is 14.7 Å². The number of rotatable bonds is 5. The molecule has 0 atom stereocenters. The van der Waals surface area contributed by atoms with E-state index in [2.05, 4.69) is 14.7 Å². The van der Waals surface area contributed by atoms with Crippen LogP contribution in [0.2, 0.25) is 0 Å². The quantitative estimate of drug-likeness (QED) is 0.906. The van der Waals surface area contributed by atoms with Crippen LogP contribution in [0.5, 0.6) is 5.75 Å². The van der Waals surface area contributed by atoms with Crippen molar-refractivity contribution in [3.8, 4) is 5.75 Å². The minimum absolute atomic E-state index is 0.0968. The molecule has 1 aromatic carbocycles. The van der Waals surface area contributed by atoms with Gasteiger partial charge in [0.25, 0.3) is 0 Å². The first-order valence-electron chi connectivity index (χ1n) is 7.18. The van der Waals surface area contributed by atoms with Gasteiger partial charge >= 0.3 is 0 Å². The van der Waals surface area contributed by atoms with Gasteiger partial charge in [-0.3, -0.25) is 9.97 Å². The van der Waals surface area contributed by atoms with Gasteiger partial charge in [0.2, 0.25) is 10.0 Å². The topological polar surface area (TPSA) is 81.2 Å². The average Bonchev–Trinajstić information content (AvgIpc) is 2.50. The second-order valence-corrected chi connectivity index (χ2v) is 7.15. The number of sulfonamides is 1. The Kier molecular flexibility index (Phi) is 5.01. The first kappa shape index (κ1) is 17.4. The molecule has 0 amide bonds. The number of benzene rings is 1. The van der Waals surface area contributed by atoms with E-state index in [1.54, 1.807) is 39.4 Å². The molecule has 0 aliphatic carbocycles. The summed E-state index contributed by atoms with van der Waals surface area (Å²) in [5.74, 6) is 0.684. The number of aryl methyl sites for hydroxylation is 2. The molecule has 1 aromatic heterocycles. The van der Waals surface area contributed by atoms with Gasteiger partial charge < -0.3 is 4.74 Å². The molecule has 0 aliphatic rings. The van der Waals surface area contributed by atoms with Gasteiger partial charge in [0.05, 0.1) is 36.1 Å². The van der Waals surface area contributed by atoms with Crippen molar-refractivity contribution >= 4 is 10.0 Å². The molecule has 6 nitrogen and oxygen atoms in total. The van der Waals surface area contributed by atoms with Crippen LogP contribution in [-0.4, -0.2) is 25.5 Å². The van der Waals surface area contributed by atoms with Crippen LogP contribution in [0, 0.1) is 27.7 Å². The normalized spacial score (nSPS) is 11.5. The Morgan fingerprint density at radius 3 is 2.35 bits per heavy atom. The van der Waals surface area contributed by atoms with E-state index in [4.69, 9.17) is 4.74 Å². The number of ether oxygens (including phenoxy) is 1. The molecule has 2 aromatic rings. The average molecular weight is 335 g/mol. The van der Waals surface area contributed by atoms with Crippen molar-refractivity contribution in [3.05, 3.63) is 46.5 Å². The van der Waals surface area contributed by atoms with Crippen LogP contribution in [-0.2, 0) is 16.6 Å². The van der Waals surface area contributed by atoms with Crippen molar-refractivity contribution in [2.45, 2.75) is 39.1 Å². The molecule has 0 aliphatic heterocycles. The van der Waals surface area contributed by atoms with Crippen molar-refractivity contribution in [1.29, 1.82) is 0 Å². The Morgan fingerprint density at radius 2 is 1.78 bits per heavy atom. The fourth-order valence-corrected chi connectivity index (χ4v) is 3.92. The van der Waals surface area contributed by atoms with Gasteiger partial charge in [0.1, 0.15) is 5.75 Å². The predicted octanol–water partition coefficient (Wildman–Crippen LogP) is 2.20. The molecule has 23 heavy (non-hydrogen) atoms. The lowest BCUT2D eigenvalue weighted by Crippen LogP contribution is -2.25. The summed E-state index contributed by atoms with van der Waals surface area (Å²) in [4.78, 5) is 8.55. The van der Waals surface area contributed by atoms with E-state index in [9.17, 15) is 8.42 Å². The Morgan fingerprint density at radius 1 is 1.09 bits per heavy atom. The summed E-state index contributed by atoms with van der Waals surface area (Å²) >= 11 is 0. The third-order valence-electron chi connectivity index (χ3n) is 3.74. The minimum atomic E-state index is -3.65. The predicted molar refractivity (Wildman–Crippen MR) is 88.0 cm³/mol. The van der Waals surface area contributed by atoms with Crippen LogP contribution in [0.3, 0.4) is 0 Å². The van der Waals surface area contributed by atoms with Gasteiger partial charge in [-0.15, -0.1) is 0 Å². The number of hydrogen-bond donors (Lipinski definition) is 1. The van der Waals surface area contributed by atoms with Crippen molar-refractivity contribution in [2.75, 3.05) is 7.11 Å². The first-order chi connectivity index (χ1) is 10.8. The highest BCUT2D eigenvalue weighted by molar-refractivity contribution is 7.89. The summed E-state index contributed by atoms with van der Waals surface area (Å²) in [6, 6.07) is 1.74. The van der Waals surface area contributed by atoms with Crippen molar-refractivity contribution in [2.24, 2.45) is 0 Å². The van der Waals surface area contributed by atoms with Crippen molar-refractivity contribution in [3.63, 3.8) is 0 Å². The standard InChI is InChI=1S/C16H21N3O3S/c1-10-6-15(22-5)12(3)13(4)16(10)23(20,21)19-9-14-8-17-11(2)7-18-14/h6-8,19H,9H2,1-5H3. The lowest BCUT2D eigenvalue weighted by Gasteiger charge is -2.16. The van der Waals surface area contributed by atoms with E-state index in [1.165, 1.54) is 0 Å². The molecular formula is C16H21N3O3S. The lowest BCUT2D eigenvalue weighted by molar-refractivity contribution is 0.410. The summed E-state index contributed by atoms with van der Waals surface area (Å²) in [7, 11) is -2.08. The number of aromatic nitrogens is 2. The zero-order valence-corrected chi connectivity index (χ0v) is 14.8. The van der Waals surface area contributed by atoms with Gasteiger partial charge in [-0.2, -0.15) is 0 Å². The van der Waals surface area contributed by atoms with E-state index >= 15 is 0 Å². The third-order valence-corrected chi connectivity index (χ3v) is 5.43. The zero-order chi connectivity index (χ0) is 17.2. The molecule has 0 saturated carbocycles. The highest BCUT2D eigenvalue weighted by atomic mass is 32.2. The van der Waals surface area contributed by atoms with Crippen LogP contribution in [0.25, 0.3) is 0 Å². The highest BCUT2D eigenvalue weighted by Gasteiger charge is 2.22. The van der Waals surface area contributed by atoms with Crippen molar-refractivity contribution < 1.29 is 13.2 Å². The number of methoxy groups -OCH3 is 1. The summed E-state index contributed by atoms with van der Waals surface area (Å²) in [6.45, 7) is 7.31. The summed E-state index contributed by atoms with van der Waals surface area (Å²) < 4.78 is 33.2. The first-order valence-corrected chi connectivity index (χ1v) is 8.66. The summed E-state index contributed by atoms with van der Waals surface area (Å²) in [5, 5.41) is 0. The van der Waals surface area contributed by atoms with Gasteiger partial charge in [0, 0.05) is 6.20 Å². The number of hydrogen-bond acceptors (Lipinski definition) is 5. The fraction of sp³-hybridized carbons (Fsp3) is 0.375. The molecule has 0 bridgehead atoms. The molecule has 0 saturated heterocycles. The van der Waals surface area contributed by atoms with Crippen LogP contribution in [0.15, 0.2) is 23.4 Å². The molecule has 7 heteroatoms. The maximum atomic E-state index is 12.7. The number of nitrogens with zero attached hydrogens (tertiary/aromatic N) is 2. The van der Waals surface area contributed by atoms with Gasteiger partial charge in [-0.05, 0) is 50.5 Å². The summed E-state index contributed by atoms with van der Waals surface area (Å²) in [6.07, 6.45) is 3.18. The van der Waals surface area contributed by atoms with Gasteiger partial charge in [-0.25, -0.2) is 13.1 Å². The van der Waals surface area contributed by atoms with E-state index in [0.29, 0.717) is 22.6 Å². The maximum absolute atomic E-state index is 12.7. The molecule has 2 rings (SSSR count). The molecule has 1 heterocycles. The zero-order valence-electron chi connectivity index (χ0n) is 14.0. The van der Waals surface area contributed by atoms with Crippen LogP contribution in [0.1, 0.15) is 28.1 Å². The van der Waals surface area contributed by atoms with Gasteiger partial charge in [-0.1, -0.05) is 0 Å². The molecule has 0 unspecified atom stereocenters. The van der Waals surface area contributed by atoms with E-state index < -0.39 is 10.0 Å². The van der Waals surface area contributed by atoms with Crippen LogP contribution < -0.4 is 9.46 Å². The second-order valence-electron chi connectivity index (χ2n) is 5.45. The Labute approximate surface area is 137 Å². The molecule has 0 radical (unpaired) electrons. The molecule has 0 fully saturated rings. The highest BCUT2D eigenvalue weighted by Crippen LogP contribution is 2.30. The molecule has 1 N–H and O–H groups in total. The fourth-order valence-electron chi connectivity index (χ4n) is 2.40. The minimum Gasteiger partial charge on any atom is -0.496 e. The second kappa shape index (κ2) is 6.64. The monoisotopic (exact) mass is 335 g/mol. The van der Waals surface area contributed by atoms with E-state index in [-0.39, 0.29) is 11.4 Å². The molecule has 0 spiro atoms. The number of nitrogens with one attached hydrogen (secondary N) is 1. The maximum Gasteiger partial charge on any atom is 0.241 e. The van der Waals surface area contributed by atoms with Gasteiger partial charge in [0.15, 0.2) is 0 Å². The summed E-state index contributed by atoms with van der Waals surface area (Å²) in [5.41, 5.74) is 3.50. The molecular weight excluding hydrogens is 314 g/mol. The van der Waals surface area contributed by atoms with E-state index in [1.807, 2.05) is 13.8 Å². The lowest BCUT2D eigenvalue weighted by atomic mass is 10.1. The Hall–Kier alpha value is -1.99. The smallest absolute Gasteiger partial charge is 0.241 e.